The lowest BCUT2D eigenvalue weighted by Crippen LogP contribution is -2.50. The second kappa shape index (κ2) is 22.1. The number of urea groups is 1. The van der Waals surface area contributed by atoms with E-state index in [-0.39, 0.29) is 47.9 Å². The van der Waals surface area contributed by atoms with Crippen LogP contribution in [0.1, 0.15) is 61.6 Å². The molecule has 0 radical (unpaired) electrons. The Morgan fingerprint density at radius 3 is 2.11 bits per heavy atom. The summed E-state index contributed by atoms with van der Waals surface area (Å²) in [7, 11) is 0. The van der Waals surface area contributed by atoms with Crippen LogP contribution in [0.2, 0.25) is 5.02 Å². The van der Waals surface area contributed by atoms with Crippen LogP contribution in [0.5, 0.6) is 0 Å². The number of nitrogens with zero attached hydrogens (tertiary/aromatic N) is 5. The largest absolute Gasteiger partial charge is 0.464 e. The van der Waals surface area contributed by atoms with Crippen molar-refractivity contribution in [2.45, 2.75) is 69.7 Å². The molecule has 19 heteroatoms. The lowest BCUT2D eigenvalue weighted by Gasteiger charge is -2.41. The third kappa shape index (κ3) is 13.4. The summed E-state index contributed by atoms with van der Waals surface area (Å²) in [5, 5.41) is 2.49. The minimum atomic E-state index is -4.80. The molecule has 2 aromatic carbocycles. The molecule has 62 heavy (non-hydrogen) atoms. The maximum absolute atomic E-state index is 14.1. The molecule has 2 aromatic rings. The number of hydrogen-bond acceptors (Lipinski definition) is 10. The number of hydrogen-bond donors (Lipinski definition) is 3. The van der Waals surface area contributed by atoms with Gasteiger partial charge in [-0.2, -0.15) is 18.2 Å². The van der Waals surface area contributed by atoms with Crippen LogP contribution in [0.15, 0.2) is 47.5 Å². The SMILES string of the molecule is NC(=NC(=O)NC1CCN(C(=O)O[C@H](Cc2cc(Cl)c(N)c(C(F)(F)F)c2)C(=O)N2CCC(C3CCN(CCC(=O)OCCN4CCOCC4)CC3)CC2)CC1)c1ccccc1. The maximum atomic E-state index is 14.1. The van der Waals surface area contributed by atoms with Crippen LogP contribution < -0.4 is 16.8 Å². The number of benzene rings is 2. The van der Waals surface area contributed by atoms with Crippen molar-refractivity contribution < 1.29 is 46.6 Å². The Morgan fingerprint density at radius 1 is 0.855 bits per heavy atom. The number of likely N-dealkylation sites (tertiary alicyclic amines) is 3. The fourth-order valence-corrected chi connectivity index (χ4v) is 8.93. The van der Waals surface area contributed by atoms with Crippen LogP contribution >= 0.6 is 11.6 Å². The molecule has 340 valence electrons. The van der Waals surface area contributed by atoms with Gasteiger partial charge in [0.25, 0.3) is 5.91 Å². The van der Waals surface area contributed by atoms with Gasteiger partial charge in [-0.15, -0.1) is 0 Å². The number of esters is 1. The number of nitrogen functional groups attached to an aromatic ring is 1. The van der Waals surface area contributed by atoms with Crippen molar-refractivity contribution in [3.63, 3.8) is 0 Å². The number of ether oxygens (including phenoxy) is 3. The van der Waals surface area contributed by atoms with Crippen molar-refractivity contribution in [3.05, 3.63) is 64.2 Å². The molecule has 0 aromatic heterocycles. The van der Waals surface area contributed by atoms with Crippen molar-refractivity contribution in [3.8, 4) is 0 Å². The van der Waals surface area contributed by atoms with Crippen LogP contribution in [0.25, 0.3) is 0 Å². The summed E-state index contributed by atoms with van der Waals surface area (Å²) in [6.45, 7) is 7.78. The minimum absolute atomic E-state index is 0.0438. The highest BCUT2D eigenvalue weighted by Crippen LogP contribution is 2.38. The van der Waals surface area contributed by atoms with Gasteiger partial charge in [0, 0.05) is 70.4 Å². The molecule has 0 bridgehead atoms. The molecule has 4 fully saturated rings. The molecule has 4 aliphatic heterocycles. The Kier molecular flexibility index (Phi) is 16.7. The van der Waals surface area contributed by atoms with Crippen LogP contribution in [-0.4, -0.2) is 147 Å². The van der Waals surface area contributed by atoms with E-state index in [9.17, 15) is 32.3 Å². The van der Waals surface area contributed by atoms with Crippen LogP contribution in [-0.2, 0) is 36.4 Å². The molecule has 0 saturated carbocycles. The van der Waals surface area contributed by atoms with E-state index in [1.54, 1.807) is 29.2 Å². The maximum Gasteiger partial charge on any atom is 0.418 e. The molecule has 4 amide bonds. The van der Waals surface area contributed by atoms with Gasteiger partial charge in [0.1, 0.15) is 12.4 Å². The highest BCUT2D eigenvalue weighted by Gasteiger charge is 2.38. The number of morpholine rings is 1. The summed E-state index contributed by atoms with van der Waals surface area (Å²) in [6.07, 6.45) is -2.86. The zero-order valence-corrected chi connectivity index (χ0v) is 35.7. The van der Waals surface area contributed by atoms with Crippen molar-refractivity contribution in [1.82, 2.24) is 24.9 Å². The summed E-state index contributed by atoms with van der Waals surface area (Å²) >= 11 is 6.14. The molecular weight excluding hydrogens is 833 g/mol. The van der Waals surface area contributed by atoms with Gasteiger partial charge in [0.15, 0.2) is 6.10 Å². The Balaban J connectivity index is 0.995. The summed E-state index contributed by atoms with van der Waals surface area (Å²) in [5.74, 6) is 0.207. The summed E-state index contributed by atoms with van der Waals surface area (Å²) in [5.41, 5.74) is 10.5. The number of rotatable bonds is 13. The number of nitrogens with one attached hydrogen (secondary N) is 1. The number of piperidine rings is 3. The van der Waals surface area contributed by atoms with Gasteiger partial charge in [-0.25, -0.2) is 9.59 Å². The van der Waals surface area contributed by atoms with E-state index in [2.05, 4.69) is 20.1 Å². The standard InChI is InChI=1S/C43H58ClF3N8O7/c44-35-27-29(26-34(38(35)48)43(45,46)47)28-36(62-42(59)55-18-10-33(11-19-55)50-41(58)51-39(49)32-4-2-1-3-5-32)40(57)54-16-8-31(9-17-54)30-6-13-52(14-7-30)15-12-37(56)61-25-22-53-20-23-60-24-21-53/h1-5,26-27,30-31,33,36H,6-25,28,48H2,(H3,49,50,51,58)/t36-/m1/s1. The van der Waals surface area contributed by atoms with Crippen LogP contribution in [0.4, 0.5) is 28.4 Å². The number of aliphatic imine (C=N–C) groups is 1. The van der Waals surface area contributed by atoms with Gasteiger partial charge in [0.05, 0.1) is 35.9 Å². The summed E-state index contributed by atoms with van der Waals surface area (Å²) in [4.78, 5) is 64.2. The number of halogens is 4. The first kappa shape index (κ1) is 46.8. The predicted octanol–water partition coefficient (Wildman–Crippen LogP) is 4.78. The summed E-state index contributed by atoms with van der Waals surface area (Å²) in [6, 6.07) is 10.0. The Hall–Kier alpha value is -4.65. The molecule has 0 aliphatic carbocycles. The average Bonchev–Trinajstić information content (AvgIpc) is 3.27. The topological polar surface area (TPSA) is 185 Å². The summed E-state index contributed by atoms with van der Waals surface area (Å²) < 4.78 is 58.4. The van der Waals surface area contributed by atoms with E-state index >= 15 is 0 Å². The van der Waals surface area contributed by atoms with Gasteiger partial charge < -0.3 is 45.7 Å². The number of amides is 4. The number of anilines is 1. The molecule has 4 aliphatic rings. The molecule has 6 rings (SSSR count). The third-order valence-electron chi connectivity index (χ3n) is 12.4. The number of nitrogens with two attached hydrogens (primary N) is 2. The van der Waals surface area contributed by atoms with Gasteiger partial charge in [-0.3, -0.25) is 14.5 Å². The molecule has 0 unspecified atom stereocenters. The van der Waals surface area contributed by atoms with Crippen molar-refractivity contribution in [1.29, 1.82) is 0 Å². The second-order valence-electron chi connectivity index (χ2n) is 16.5. The van der Waals surface area contributed by atoms with Crippen molar-refractivity contribution in [2.24, 2.45) is 22.6 Å². The molecule has 4 saturated heterocycles. The first-order valence-electron chi connectivity index (χ1n) is 21.5. The quantitative estimate of drug-likeness (QED) is 0.109. The van der Waals surface area contributed by atoms with E-state index in [1.807, 2.05) is 6.07 Å². The van der Waals surface area contributed by atoms with Gasteiger partial charge in [0.2, 0.25) is 0 Å². The first-order chi connectivity index (χ1) is 29.7. The van der Waals surface area contributed by atoms with Crippen LogP contribution in [0.3, 0.4) is 0 Å². The lowest BCUT2D eigenvalue weighted by atomic mass is 9.78. The highest BCUT2D eigenvalue weighted by atomic mass is 35.5. The second-order valence-corrected chi connectivity index (χ2v) is 16.9. The van der Waals surface area contributed by atoms with E-state index in [1.165, 1.54) is 11.0 Å². The molecular formula is C43H58ClF3N8O7. The van der Waals surface area contributed by atoms with Crippen LogP contribution in [0, 0.1) is 11.8 Å². The van der Waals surface area contributed by atoms with Gasteiger partial charge in [-0.05, 0) is 81.1 Å². The normalized spacial score (nSPS) is 19.8. The Labute approximate surface area is 365 Å². The Morgan fingerprint density at radius 2 is 1.47 bits per heavy atom. The zero-order chi connectivity index (χ0) is 44.2. The van der Waals surface area contributed by atoms with E-state index in [0.29, 0.717) is 82.7 Å². The number of alkyl halides is 3. The lowest BCUT2D eigenvalue weighted by molar-refractivity contribution is -0.145. The third-order valence-corrected chi connectivity index (χ3v) is 12.7. The number of carbonyl (C=O) groups is 4. The first-order valence-corrected chi connectivity index (χ1v) is 21.9. The average molecular weight is 891 g/mol. The Bertz CT molecular complexity index is 1860. The van der Waals surface area contributed by atoms with Gasteiger partial charge in [-0.1, -0.05) is 41.9 Å². The molecule has 0 spiro atoms. The van der Waals surface area contributed by atoms with E-state index in [0.717, 1.165) is 57.9 Å². The highest BCUT2D eigenvalue weighted by molar-refractivity contribution is 6.33. The fourth-order valence-electron chi connectivity index (χ4n) is 8.69. The van der Waals surface area contributed by atoms with E-state index < -0.39 is 41.6 Å². The smallest absolute Gasteiger partial charge is 0.418 e. The predicted molar refractivity (Wildman–Crippen MR) is 226 cm³/mol. The van der Waals surface area contributed by atoms with Crippen molar-refractivity contribution in [2.75, 3.05) is 91.0 Å². The minimum Gasteiger partial charge on any atom is -0.464 e. The molecule has 4 heterocycles. The molecule has 5 N–H and O–H groups in total. The monoisotopic (exact) mass is 890 g/mol. The zero-order valence-electron chi connectivity index (χ0n) is 35.0. The molecule has 15 nitrogen and oxygen atoms in total. The number of carbonyl (C=O) groups excluding carboxylic acids is 4. The molecule has 1 atom stereocenters. The van der Waals surface area contributed by atoms with E-state index in [4.69, 9.17) is 37.3 Å². The van der Waals surface area contributed by atoms with Gasteiger partial charge >= 0.3 is 24.3 Å². The fraction of sp³-hybridized carbons (Fsp3) is 0.605. The number of amidine groups is 1. The van der Waals surface area contributed by atoms with Crippen molar-refractivity contribution >= 4 is 47.1 Å².